The molecule has 1 aromatic heterocycles. The summed E-state index contributed by atoms with van der Waals surface area (Å²) >= 11 is 0. The molecule has 5 unspecified atom stereocenters. The molecule has 2 heterocycles. The van der Waals surface area contributed by atoms with E-state index in [-0.39, 0.29) is 35.6 Å². The zero-order valence-corrected chi connectivity index (χ0v) is 38.0. The fourth-order valence-electron chi connectivity index (χ4n) is 13.3. The third-order valence-corrected chi connectivity index (χ3v) is 16.2. The number of hydrogen-bond acceptors (Lipinski definition) is 2. The largest absolute Gasteiger partial charge is 0.485 e. The fraction of sp³-hybridized carbons (Fsp3) is 0.121. The lowest BCUT2D eigenvalue weighted by Crippen LogP contribution is -2.15. The van der Waals surface area contributed by atoms with Gasteiger partial charge in [0, 0.05) is 45.2 Å². The van der Waals surface area contributed by atoms with Crippen LogP contribution in [0.4, 0.5) is 4.39 Å². The van der Waals surface area contributed by atoms with Gasteiger partial charge in [0.15, 0.2) is 0 Å². The van der Waals surface area contributed by atoms with Crippen LogP contribution in [0.2, 0.25) is 0 Å². The minimum atomic E-state index is -0.165. The first-order chi connectivity index (χ1) is 34.1. The number of para-hydroxylation sites is 2. The Morgan fingerprint density at radius 1 is 0.681 bits per heavy atom. The lowest BCUT2D eigenvalue weighted by molar-refractivity contribution is 0.218. The molecule has 0 spiro atoms. The van der Waals surface area contributed by atoms with Crippen molar-refractivity contribution in [2.24, 2.45) is 5.92 Å². The van der Waals surface area contributed by atoms with Gasteiger partial charge in [-0.1, -0.05) is 153 Å². The second-order valence-electron chi connectivity index (χ2n) is 19.7. The molecule has 2 nitrogen and oxygen atoms in total. The van der Waals surface area contributed by atoms with E-state index in [2.05, 4.69) is 189 Å². The number of furan rings is 1. The molecule has 69 heavy (non-hydrogen) atoms. The van der Waals surface area contributed by atoms with E-state index in [1.165, 1.54) is 105 Å². The highest BCUT2D eigenvalue weighted by molar-refractivity contribution is 6.29. The lowest BCUT2D eigenvalue weighted by Gasteiger charge is -2.29. The Labute approximate surface area is 400 Å². The molecule has 3 heteroatoms. The summed E-state index contributed by atoms with van der Waals surface area (Å²) in [5, 5.41) is 6.04. The van der Waals surface area contributed by atoms with Crippen LogP contribution in [0.3, 0.4) is 0 Å². The van der Waals surface area contributed by atoms with Crippen LogP contribution in [-0.4, -0.2) is 0 Å². The van der Waals surface area contributed by atoms with Gasteiger partial charge in [-0.25, -0.2) is 4.39 Å². The molecule has 0 bridgehead atoms. The lowest BCUT2D eigenvalue weighted by atomic mass is 9.74. The quantitative estimate of drug-likeness (QED) is 0.118. The molecular weight excluding hydrogens is 844 g/mol. The number of halogens is 1. The van der Waals surface area contributed by atoms with Crippen LogP contribution in [0.25, 0.3) is 77.7 Å². The summed E-state index contributed by atoms with van der Waals surface area (Å²) in [6, 6.07) is 64.7. The highest BCUT2D eigenvalue weighted by Crippen LogP contribution is 2.68. The molecule has 0 saturated heterocycles. The van der Waals surface area contributed by atoms with Gasteiger partial charge in [0.25, 0.3) is 0 Å². The minimum absolute atomic E-state index is 0.0489. The summed E-state index contributed by atoms with van der Waals surface area (Å²) in [5.74, 6) is 1.83. The molecule has 9 aromatic carbocycles. The average Bonchev–Trinajstić information content (AvgIpc) is 4.19. The van der Waals surface area contributed by atoms with Crippen molar-refractivity contribution in [3.8, 4) is 39.3 Å². The van der Waals surface area contributed by atoms with Crippen molar-refractivity contribution in [2.45, 2.75) is 43.6 Å². The van der Waals surface area contributed by atoms with Crippen LogP contribution >= 0.6 is 0 Å². The highest BCUT2D eigenvalue weighted by atomic mass is 19.1. The second kappa shape index (κ2) is 14.7. The molecule has 5 atom stereocenters. The van der Waals surface area contributed by atoms with Gasteiger partial charge in [0.1, 0.15) is 29.0 Å². The van der Waals surface area contributed by atoms with Gasteiger partial charge in [-0.2, -0.15) is 0 Å². The zero-order chi connectivity index (χ0) is 45.5. The Hall–Kier alpha value is -8.01. The van der Waals surface area contributed by atoms with Crippen molar-refractivity contribution in [3.63, 3.8) is 0 Å². The Bertz CT molecular complexity index is 3920. The molecule has 1 aliphatic heterocycles. The predicted octanol–water partition coefficient (Wildman–Crippen LogP) is 17.4. The van der Waals surface area contributed by atoms with Crippen molar-refractivity contribution in [2.75, 3.05) is 0 Å². The van der Waals surface area contributed by atoms with Gasteiger partial charge >= 0.3 is 0 Å². The first-order valence-corrected chi connectivity index (χ1v) is 24.6. The third-order valence-electron chi connectivity index (χ3n) is 16.2. The topological polar surface area (TPSA) is 22.4 Å². The van der Waals surface area contributed by atoms with Crippen molar-refractivity contribution >= 4 is 44.2 Å². The summed E-state index contributed by atoms with van der Waals surface area (Å²) in [7, 11) is 0. The number of ether oxygens (including phenoxy) is 1. The van der Waals surface area contributed by atoms with Crippen LogP contribution in [0, 0.1) is 5.92 Å². The Balaban J connectivity index is 1.06. The van der Waals surface area contributed by atoms with Crippen molar-refractivity contribution in [1.29, 1.82) is 0 Å². The van der Waals surface area contributed by atoms with Crippen molar-refractivity contribution in [3.05, 3.63) is 256 Å². The van der Waals surface area contributed by atoms with E-state index in [1.54, 1.807) is 6.08 Å². The maximum absolute atomic E-state index is 15.4. The summed E-state index contributed by atoms with van der Waals surface area (Å²) < 4.78 is 29.3. The predicted molar refractivity (Wildman–Crippen MR) is 279 cm³/mol. The van der Waals surface area contributed by atoms with E-state index in [0.717, 1.165) is 40.9 Å². The van der Waals surface area contributed by atoms with Gasteiger partial charge in [0.2, 0.25) is 0 Å². The molecule has 328 valence electrons. The first-order valence-electron chi connectivity index (χ1n) is 24.6. The number of allylic oxidation sites excluding steroid dienone is 4. The first kappa shape index (κ1) is 39.0. The smallest absolute Gasteiger partial charge is 0.143 e. The summed E-state index contributed by atoms with van der Waals surface area (Å²) in [6.45, 7) is 2.22. The molecule has 4 aliphatic carbocycles. The number of benzene rings is 9. The SMILES string of the molecule is CCc1cccc(/C=C(\c2ccccc2)c2ccc3c4c(cc5cc6c(cc5c24)C2c4c(ccc(C(c5ccccc5)C5C=C(F)C=CC5)c4-6)C4Oc5ccccc5C42)-c2c-3oc3ccccc23)c1. The van der Waals surface area contributed by atoms with Crippen molar-refractivity contribution < 1.29 is 13.5 Å². The van der Waals surface area contributed by atoms with Crippen molar-refractivity contribution in [1.82, 2.24) is 0 Å². The summed E-state index contributed by atoms with van der Waals surface area (Å²) in [4.78, 5) is 0. The fourth-order valence-corrected chi connectivity index (χ4v) is 13.3. The normalized spacial score (nSPS) is 19.3. The van der Waals surface area contributed by atoms with Gasteiger partial charge in [-0.05, 0) is 162 Å². The average molecular weight is 889 g/mol. The van der Waals surface area contributed by atoms with E-state index in [4.69, 9.17) is 9.15 Å². The number of rotatable bonds is 7. The van der Waals surface area contributed by atoms with E-state index >= 15 is 4.39 Å². The number of aryl methyl sites for hydroxylation is 1. The zero-order valence-electron chi connectivity index (χ0n) is 38.0. The molecule has 15 rings (SSSR count). The second-order valence-corrected chi connectivity index (χ2v) is 19.7. The third kappa shape index (κ3) is 5.59. The van der Waals surface area contributed by atoms with Crippen LogP contribution in [-0.2, 0) is 6.42 Å². The number of fused-ring (bicyclic) bond motifs is 15. The van der Waals surface area contributed by atoms with Gasteiger partial charge in [0.05, 0.1) is 0 Å². The minimum Gasteiger partial charge on any atom is -0.485 e. The molecule has 5 aliphatic rings. The van der Waals surface area contributed by atoms with Crippen LogP contribution < -0.4 is 4.74 Å². The molecule has 0 amide bonds. The Kier molecular flexibility index (Phi) is 8.34. The molecule has 0 N–H and O–H groups in total. The standard InChI is InChI=1S/C66H45FO2/c1-2-37-15-13-16-38(31-37)32-50(39-17-5-3-6-18-39)44-27-29-48-60-54(61-45-23-9-11-25-55(45)68-65(48)61)35-42-34-52-53(36-51(42)58(44)60)63-62-49(66-64(63)46-24-10-12-26-56(46)69-66)30-28-47(59(52)62)57(40-19-7-4-8-20-40)41-21-14-22-43(67)33-41/h3-20,22-36,41,57,63-64,66H,2,21H2,1H3/b50-32+. The molecule has 0 radical (unpaired) electrons. The highest BCUT2D eigenvalue weighted by Gasteiger charge is 2.54. The Morgan fingerprint density at radius 2 is 1.49 bits per heavy atom. The van der Waals surface area contributed by atoms with Crippen LogP contribution in [0.5, 0.6) is 5.75 Å². The number of hydrogen-bond donors (Lipinski definition) is 0. The van der Waals surface area contributed by atoms with E-state index in [1.807, 2.05) is 12.2 Å². The summed E-state index contributed by atoms with van der Waals surface area (Å²) in [6.07, 6.45) is 9.52. The maximum atomic E-state index is 15.4. The van der Waals surface area contributed by atoms with Gasteiger partial charge < -0.3 is 9.15 Å². The summed E-state index contributed by atoms with van der Waals surface area (Å²) in [5.41, 5.74) is 20.7. The molecular formula is C66H45FO2. The Morgan fingerprint density at radius 3 is 2.36 bits per heavy atom. The van der Waals surface area contributed by atoms with Crippen LogP contribution in [0.1, 0.15) is 92.8 Å². The van der Waals surface area contributed by atoms with E-state index in [0.29, 0.717) is 0 Å². The monoisotopic (exact) mass is 888 g/mol. The van der Waals surface area contributed by atoms with Crippen LogP contribution in [0.15, 0.2) is 204 Å². The van der Waals surface area contributed by atoms with Gasteiger partial charge in [-0.3, -0.25) is 0 Å². The van der Waals surface area contributed by atoms with Gasteiger partial charge in [-0.15, -0.1) is 0 Å². The van der Waals surface area contributed by atoms with E-state index < -0.39 is 0 Å². The molecule has 10 aromatic rings. The maximum Gasteiger partial charge on any atom is 0.143 e. The van der Waals surface area contributed by atoms with E-state index in [9.17, 15) is 0 Å². The molecule has 0 fully saturated rings. The molecule has 0 saturated carbocycles.